The number of rotatable bonds is 4. The molecule has 2 rings (SSSR count). The van der Waals surface area contributed by atoms with Gasteiger partial charge in [0.25, 0.3) is 11.6 Å². The Morgan fingerprint density at radius 1 is 1.36 bits per heavy atom. The van der Waals surface area contributed by atoms with Crippen molar-refractivity contribution in [2.24, 2.45) is 0 Å². The molecule has 1 saturated heterocycles. The fraction of sp³-hybridized carbons (Fsp3) is 0.429. The van der Waals surface area contributed by atoms with Gasteiger partial charge in [-0.3, -0.25) is 14.9 Å². The lowest BCUT2D eigenvalue weighted by atomic mass is 9.89. The molecular formula is C14H16N2O6. The van der Waals surface area contributed by atoms with Crippen molar-refractivity contribution in [2.75, 3.05) is 13.2 Å². The number of carboxylic acid groups (broad SMARTS) is 1. The van der Waals surface area contributed by atoms with Gasteiger partial charge < -0.3 is 15.2 Å². The predicted octanol–water partition coefficient (Wildman–Crippen LogP) is 1.27. The van der Waals surface area contributed by atoms with Crippen LogP contribution in [0.1, 0.15) is 28.8 Å². The van der Waals surface area contributed by atoms with Crippen LogP contribution in [0.2, 0.25) is 0 Å². The minimum absolute atomic E-state index is 0.0874. The van der Waals surface area contributed by atoms with Gasteiger partial charge in [0, 0.05) is 43.2 Å². The SMILES string of the molecule is Cc1cc(C(=O)NC2(C(=O)O)CCOCC2)ccc1[N+](=O)[O-]. The molecule has 8 heteroatoms. The Morgan fingerprint density at radius 3 is 2.50 bits per heavy atom. The maximum Gasteiger partial charge on any atom is 0.329 e. The maximum absolute atomic E-state index is 12.3. The normalized spacial score (nSPS) is 16.8. The molecule has 0 saturated carbocycles. The van der Waals surface area contributed by atoms with Gasteiger partial charge in [-0.1, -0.05) is 0 Å². The number of aryl methyl sites for hydroxylation is 1. The van der Waals surface area contributed by atoms with Gasteiger partial charge in [-0.2, -0.15) is 0 Å². The van der Waals surface area contributed by atoms with Crippen LogP contribution >= 0.6 is 0 Å². The first-order valence-corrected chi connectivity index (χ1v) is 6.74. The summed E-state index contributed by atoms with van der Waals surface area (Å²) < 4.78 is 5.13. The Hall–Kier alpha value is -2.48. The topological polar surface area (TPSA) is 119 Å². The molecule has 1 heterocycles. The third-order valence-electron chi connectivity index (χ3n) is 3.76. The molecule has 1 aromatic carbocycles. The number of nitrogens with one attached hydrogen (secondary N) is 1. The quantitative estimate of drug-likeness (QED) is 0.638. The first kappa shape index (κ1) is 15.9. The first-order chi connectivity index (χ1) is 10.4. The number of carbonyl (C=O) groups is 2. The standard InChI is InChI=1S/C14H16N2O6/c1-9-8-10(2-3-11(9)16(20)21)12(17)15-14(13(18)19)4-6-22-7-5-14/h2-3,8H,4-7H2,1H3,(H,15,17)(H,18,19). The van der Waals surface area contributed by atoms with Crippen molar-refractivity contribution in [3.05, 3.63) is 39.4 Å². The second-order valence-corrected chi connectivity index (χ2v) is 5.21. The lowest BCUT2D eigenvalue weighted by Gasteiger charge is -2.33. The van der Waals surface area contributed by atoms with Gasteiger partial charge in [-0.25, -0.2) is 4.79 Å². The Balaban J connectivity index is 2.22. The van der Waals surface area contributed by atoms with E-state index >= 15 is 0 Å². The van der Waals surface area contributed by atoms with Crippen molar-refractivity contribution in [3.8, 4) is 0 Å². The number of nitro groups is 1. The molecule has 118 valence electrons. The number of aliphatic carboxylic acids is 1. The van der Waals surface area contributed by atoms with Crippen LogP contribution < -0.4 is 5.32 Å². The number of nitrogens with zero attached hydrogens (tertiary/aromatic N) is 1. The van der Waals surface area contributed by atoms with Crippen LogP contribution in [0, 0.1) is 17.0 Å². The molecular weight excluding hydrogens is 292 g/mol. The van der Waals surface area contributed by atoms with Gasteiger partial charge in [0.2, 0.25) is 0 Å². The minimum atomic E-state index is -1.36. The summed E-state index contributed by atoms with van der Waals surface area (Å²) in [5, 5.41) is 22.7. The van der Waals surface area contributed by atoms with Crippen molar-refractivity contribution in [2.45, 2.75) is 25.3 Å². The third kappa shape index (κ3) is 3.06. The van der Waals surface area contributed by atoms with Gasteiger partial charge in [0.05, 0.1) is 4.92 Å². The summed E-state index contributed by atoms with van der Waals surface area (Å²) >= 11 is 0. The van der Waals surface area contributed by atoms with E-state index in [9.17, 15) is 24.8 Å². The van der Waals surface area contributed by atoms with E-state index in [4.69, 9.17) is 4.74 Å². The number of ether oxygens (including phenoxy) is 1. The van der Waals surface area contributed by atoms with E-state index in [-0.39, 0.29) is 37.3 Å². The molecule has 0 unspecified atom stereocenters. The molecule has 0 aromatic heterocycles. The third-order valence-corrected chi connectivity index (χ3v) is 3.76. The second kappa shape index (κ2) is 6.10. The highest BCUT2D eigenvalue weighted by Gasteiger charge is 2.41. The molecule has 1 aliphatic heterocycles. The van der Waals surface area contributed by atoms with E-state index < -0.39 is 22.3 Å². The number of nitro benzene ring substituents is 1. The van der Waals surface area contributed by atoms with E-state index in [0.717, 1.165) is 0 Å². The molecule has 0 radical (unpaired) electrons. The minimum Gasteiger partial charge on any atom is -0.480 e. The summed E-state index contributed by atoms with van der Waals surface area (Å²) in [6.07, 6.45) is 0.361. The van der Waals surface area contributed by atoms with Crippen LogP contribution in [-0.4, -0.2) is 40.7 Å². The zero-order valence-electron chi connectivity index (χ0n) is 12.0. The Bertz CT molecular complexity index is 622. The molecule has 1 aliphatic rings. The average molecular weight is 308 g/mol. The highest BCUT2D eigenvalue weighted by molar-refractivity contribution is 5.98. The molecule has 1 aromatic rings. The lowest BCUT2D eigenvalue weighted by molar-refractivity contribution is -0.385. The van der Waals surface area contributed by atoms with Crippen LogP contribution in [0.4, 0.5) is 5.69 Å². The zero-order valence-corrected chi connectivity index (χ0v) is 12.0. The zero-order chi connectivity index (χ0) is 16.3. The van der Waals surface area contributed by atoms with Crippen LogP contribution in [0.15, 0.2) is 18.2 Å². The highest BCUT2D eigenvalue weighted by atomic mass is 16.6. The molecule has 2 N–H and O–H groups in total. The second-order valence-electron chi connectivity index (χ2n) is 5.21. The van der Waals surface area contributed by atoms with Crippen molar-refractivity contribution >= 4 is 17.6 Å². The van der Waals surface area contributed by atoms with Crippen molar-refractivity contribution in [1.82, 2.24) is 5.32 Å². The molecule has 0 aliphatic carbocycles. The summed E-state index contributed by atoms with van der Waals surface area (Å²) in [4.78, 5) is 34.0. The van der Waals surface area contributed by atoms with Gasteiger partial charge in [0.1, 0.15) is 5.54 Å². The number of amides is 1. The summed E-state index contributed by atoms with van der Waals surface area (Å²) in [7, 11) is 0. The van der Waals surface area contributed by atoms with Crippen LogP contribution in [0.5, 0.6) is 0 Å². The number of carbonyl (C=O) groups excluding carboxylic acids is 1. The van der Waals surface area contributed by atoms with Crippen LogP contribution in [0.25, 0.3) is 0 Å². The molecule has 1 fully saturated rings. The monoisotopic (exact) mass is 308 g/mol. The molecule has 0 bridgehead atoms. The van der Waals surface area contributed by atoms with E-state index in [0.29, 0.717) is 5.56 Å². The van der Waals surface area contributed by atoms with E-state index in [2.05, 4.69) is 5.32 Å². The van der Waals surface area contributed by atoms with E-state index in [1.807, 2.05) is 0 Å². The lowest BCUT2D eigenvalue weighted by Crippen LogP contribution is -2.57. The molecule has 1 amide bonds. The first-order valence-electron chi connectivity index (χ1n) is 6.74. The van der Waals surface area contributed by atoms with Crippen molar-refractivity contribution in [1.29, 1.82) is 0 Å². The largest absolute Gasteiger partial charge is 0.480 e. The summed E-state index contributed by atoms with van der Waals surface area (Å²) in [6, 6.07) is 3.93. The van der Waals surface area contributed by atoms with E-state index in [1.165, 1.54) is 25.1 Å². The number of carboxylic acids is 1. The van der Waals surface area contributed by atoms with Crippen molar-refractivity contribution < 1.29 is 24.4 Å². The Morgan fingerprint density at radius 2 is 2.00 bits per heavy atom. The summed E-state index contributed by atoms with van der Waals surface area (Å²) in [5.41, 5.74) is -0.912. The van der Waals surface area contributed by atoms with Gasteiger partial charge in [-0.15, -0.1) is 0 Å². The average Bonchev–Trinajstić information content (AvgIpc) is 2.47. The fourth-order valence-electron chi connectivity index (χ4n) is 2.40. The molecule has 22 heavy (non-hydrogen) atoms. The van der Waals surface area contributed by atoms with Crippen LogP contribution in [-0.2, 0) is 9.53 Å². The fourth-order valence-corrected chi connectivity index (χ4v) is 2.40. The smallest absolute Gasteiger partial charge is 0.329 e. The van der Waals surface area contributed by atoms with Gasteiger partial charge >= 0.3 is 5.97 Å². The number of hydrogen-bond donors (Lipinski definition) is 2. The maximum atomic E-state index is 12.3. The summed E-state index contributed by atoms with van der Waals surface area (Å²) in [6.45, 7) is 2.04. The number of benzene rings is 1. The Kier molecular flexibility index (Phi) is 4.41. The van der Waals surface area contributed by atoms with Crippen molar-refractivity contribution in [3.63, 3.8) is 0 Å². The molecule has 0 spiro atoms. The predicted molar refractivity (Wildman–Crippen MR) is 75.7 cm³/mol. The van der Waals surface area contributed by atoms with Crippen LogP contribution in [0.3, 0.4) is 0 Å². The number of hydrogen-bond acceptors (Lipinski definition) is 5. The highest BCUT2D eigenvalue weighted by Crippen LogP contribution is 2.23. The van der Waals surface area contributed by atoms with E-state index in [1.54, 1.807) is 0 Å². The molecule has 0 atom stereocenters. The molecule has 8 nitrogen and oxygen atoms in total. The van der Waals surface area contributed by atoms with Gasteiger partial charge in [-0.05, 0) is 19.1 Å². The Labute approximate surface area is 126 Å². The van der Waals surface area contributed by atoms with Gasteiger partial charge in [0.15, 0.2) is 0 Å². The summed E-state index contributed by atoms with van der Waals surface area (Å²) in [5.74, 6) is -1.68.